The first-order valence-electron chi connectivity index (χ1n) is 10.0. The number of carbonyl (C=O) groups is 1. The Morgan fingerprint density at radius 3 is 2.79 bits per heavy atom. The van der Waals surface area contributed by atoms with Gasteiger partial charge in [0.1, 0.15) is 5.82 Å². The van der Waals surface area contributed by atoms with Gasteiger partial charge in [-0.15, -0.1) is 11.3 Å². The smallest absolute Gasteiger partial charge is 0.252 e. The third-order valence-electron chi connectivity index (χ3n) is 6.33. The molecular formula is C21H23F2N3O2S. The molecule has 2 aromatic rings. The van der Waals surface area contributed by atoms with Gasteiger partial charge in [-0.05, 0) is 36.6 Å². The molecule has 0 bridgehead atoms. The minimum atomic E-state index is -2.64. The third-order valence-corrected chi connectivity index (χ3v) is 7.55. The lowest BCUT2D eigenvalue weighted by atomic mass is 9.82. The number of alkyl halides is 2. The van der Waals surface area contributed by atoms with Crippen LogP contribution in [0, 0.1) is 5.92 Å². The largest absolute Gasteiger partial charge is 0.384 e. The van der Waals surface area contributed by atoms with Crippen LogP contribution in [0.15, 0.2) is 24.3 Å². The number of fused-ring (bicyclic) bond motifs is 2. The SMILES string of the molecule is Nc1cccc(-c2cc3c(s2)CCOC32CCN(C(=O)CC3CC3(F)F)CC2)n1. The van der Waals surface area contributed by atoms with Gasteiger partial charge < -0.3 is 15.4 Å². The highest BCUT2D eigenvalue weighted by Crippen LogP contribution is 2.51. The molecule has 1 unspecified atom stereocenters. The molecule has 8 heteroatoms. The van der Waals surface area contributed by atoms with Crippen molar-refractivity contribution >= 4 is 23.1 Å². The van der Waals surface area contributed by atoms with E-state index in [0.29, 0.717) is 38.4 Å². The van der Waals surface area contributed by atoms with E-state index in [1.807, 2.05) is 12.1 Å². The average Bonchev–Trinajstić information content (AvgIpc) is 3.10. The van der Waals surface area contributed by atoms with Crippen LogP contribution in [-0.2, 0) is 21.6 Å². The molecule has 5 nitrogen and oxygen atoms in total. The van der Waals surface area contributed by atoms with Gasteiger partial charge in [-0.3, -0.25) is 4.79 Å². The van der Waals surface area contributed by atoms with E-state index in [1.54, 1.807) is 22.3 Å². The Kier molecular flexibility index (Phi) is 4.40. The minimum absolute atomic E-state index is 0.0458. The van der Waals surface area contributed by atoms with Crippen molar-refractivity contribution in [3.05, 3.63) is 34.7 Å². The van der Waals surface area contributed by atoms with Crippen LogP contribution < -0.4 is 5.73 Å². The first kappa shape index (κ1) is 18.9. The maximum absolute atomic E-state index is 13.1. The lowest BCUT2D eigenvalue weighted by Gasteiger charge is -2.44. The second-order valence-corrected chi connectivity index (χ2v) is 9.37. The second kappa shape index (κ2) is 6.74. The van der Waals surface area contributed by atoms with Gasteiger partial charge in [0, 0.05) is 43.1 Å². The summed E-state index contributed by atoms with van der Waals surface area (Å²) in [6.45, 7) is 1.73. The number of anilines is 1. The van der Waals surface area contributed by atoms with Gasteiger partial charge in [-0.1, -0.05) is 6.07 Å². The highest BCUT2D eigenvalue weighted by atomic mass is 32.1. The number of likely N-dealkylation sites (tertiary alicyclic amines) is 1. The van der Waals surface area contributed by atoms with Crippen LogP contribution in [-0.4, -0.2) is 41.4 Å². The number of rotatable bonds is 3. The molecule has 154 valence electrons. The van der Waals surface area contributed by atoms with Crippen molar-refractivity contribution in [1.29, 1.82) is 0 Å². The van der Waals surface area contributed by atoms with Crippen LogP contribution in [0.4, 0.5) is 14.6 Å². The summed E-state index contributed by atoms with van der Waals surface area (Å²) in [6, 6.07) is 7.78. The quantitative estimate of drug-likeness (QED) is 0.821. The predicted molar refractivity (Wildman–Crippen MR) is 107 cm³/mol. The van der Waals surface area contributed by atoms with Crippen LogP contribution in [0.1, 0.15) is 36.1 Å². The van der Waals surface area contributed by atoms with Gasteiger partial charge in [-0.25, -0.2) is 13.8 Å². The number of nitrogen functional groups attached to an aromatic ring is 1. The summed E-state index contributed by atoms with van der Waals surface area (Å²) in [5, 5.41) is 0. The number of nitrogens with zero attached hydrogens (tertiary/aromatic N) is 2. The average molecular weight is 419 g/mol. The Morgan fingerprint density at radius 2 is 2.10 bits per heavy atom. The third kappa shape index (κ3) is 3.42. The summed E-state index contributed by atoms with van der Waals surface area (Å²) in [6.07, 6.45) is 2.04. The first-order valence-corrected chi connectivity index (χ1v) is 10.8. The van der Waals surface area contributed by atoms with Gasteiger partial charge in [0.15, 0.2) is 0 Å². The van der Waals surface area contributed by atoms with Crippen LogP contribution in [0.25, 0.3) is 10.6 Å². The Bertz CT molecular complexity index is 953. The van der Waals surface area contributed by atoms with E-state index in [0.717, 1.165) is 17.0 Å². The molecule has 1 spiro atoms. The van der Waals surface area contributed by atoms with E-state index in [1.165, 1.54) is 10.4 Å². The first-order chi connectivity index (χ1) is 13.9. The van der Waals surface area contributed by atoms with Gasteiger partial charge in [0.05, 0.1) is 22.8 Å². The van der Waals surface area contributed by atoms with E-state index in [-0.39, 0.29) is 18.7 Å². The number of piperidine rings is 1. The normalized spacial score (nSPS) is 24.3. The molecule has 1 aliphatic carbocycles. The lowest BCUT2D eigenvalue weighted by Crippen LogP contribution is -2.48. The van der Waals surface area contributed by atoms with E-state index < -0.39 is 17.4 Å². The molecule has 0 aromatic carbocycles. The fourth-order valence-corrected chi connectivity index (χ4v) is 5.69. The highest BCUT2D eigenvalue weighted by Gasteiger charge is 2.57. The van der Waals surface area contributed by atoms with Crippen molar-refractivity contribution in [2.24, 2.45) is 5.92 Å². The van der Waals surface area contributed by atoms with Gasteiger partial charge in [0.25, 0.3) is 5.92 Å². The van der Waals surface area contributed by atoms with Gasteiger partial charge in [0.2, 0.25) is 5.91 Å². The van der Waals surface area contributed by atoms with E-state index in [2.05, 4.69) is 11.1 Å². The molecule has 2 aromatic heterocycles. The number of amides is 1. The van der Waals surface area contributed by atoms with Crippen molar-refractivity contribution in [3.63, 3.8) is 0 Å². The van der Waals surface area contributed by atoms with Gasteiger partial charge in [-0.2, -0.15) is 0 Å². The van der Waals surface area contributed by atoms with E-state index in [9.17, 15) is 13.6 Å². The fraction of sp³-hybridized carbons (Fsp3) is 0.524. The molecule has 0 radical (unpaired) electrons. The van der Waals surface area contributed by atoms with E-state index in [4.69, 9.17) is 10.5 Å². The monoisotopic (exact) mass is 419 g/mol. The molecular weight excluding hydrogens is 396 g/mol. The maximum atomic E-state index is 13.1. The van der Waals surface area contributed by atoms with Crippen LogP contribution in [0.2, 0.25) is 0 Å². The zero-order valence-electron chi connectivity index (χ0n) is 16.0. The molecule has 3 aliphatic rings. The van der Waals surface area contributed by atoms with Crippen LogP contribution in [0.3, 0.4) is 0 Å². The highest BCUT2D eigenvalue weighted by molar-refractivity contribution is 7.15. The Balaban J connectivity index is 1.32. The molecule has 4 heterocycles. The number of nitrogens with two attached hydrogens (primary N) is 1. The summed E-state index contributed by atoms with van der Waals surface area (Å²) in [7, 11) is 0. The number of halogens is 2. The fourth-order valence-electron chi connectivity index (χ4n) is 4.49. The second-order valence-electron chi connectivity index (χ2n) is 8.23. The van der Waals surface area contributed by atoms with Gasteiger partial charge >= 0.3 is 0 Å². The number of ether oxygens (including phenoxy) is 1. The Labute approximate surface area is 171 Å². The molecule has 5 rings (SSSR count). The number of hydrogen-bond donors (Lipinski definition) is 1. The number of carbonyl (C=O) groups excluding carboxylic acids is 1. The summed E-state index contributed by atoms with van der Waals surface area (Å²) in [5.41, 5.74) is 7.49. The molecule has 1 saturated heterocycles. The standard InChI is InChI=1S/C21H23F2N3O2S/c22-21(23)12-13(21)10-19(27)26-7-5-20(6-8-26)14-11-17(29-16(14)4-9-28-20)15-2-1-3-18(24)25-15/h1-3,11,13H,4-10,12H2,(H2,24,25). The molecule has 1 saturated carbocycles. The topological polar surface area (TPSA) is 68.5 Å². The molecule has 29 heavy (non-hydrogen) atoms. The van der Waals surface area contributed by atoms with E-state index >= 15 is 0 Å². The molecule has 1 amide bonds. The molecule has 1 atom stereocenters. The molecule has 2 N–H and O–H groups in total. The molecule has 2 aliphatic heterocycles. The Hall–Kier alpha value is -2.06. The van der Waals surface area contributed by atoms with Crippen molar-refractivity contribution < 1.29 is 18.3 Å². The summed E-state index contributed by atoms with van der Waals surface area (Å²) < 4.78 is 32.5. The summed E-state index contributed by atoms with van der Waals surface area (Å²) in [5.74, 6) is -3.08. The van der Waals surface area contributed by atoms with Crippen molar-refractivity contribution in [1.82, 2.24) is 9.88 Å². The summed E-state index contributed by atoms with van der Waals surface area (Å²) >= 11 is 1.73. The number of hydrogen-bond acceptors (Lipinski definition) is 5. The number of aromatic nitrogens is 1. The van der Waals surface area contributed by atoms with Crippen molar-refractivity contribution in [2.75, 3.05) is 25.4 Å². The minimum Gasteiger partial charge on any atom is -0.384 e. The molecule has 2 fully saturated rings. The number of thiophene rings is 1. The predicted octanol–water partition coefficient (Wildman–Crippen LogP) is 3.83. The zero-order valence-corrected chi connectivity index (χ0v) is 16.8. The Morgan fingerprint density at radius 1 is 1.34 bits per heavy atom. The van der Waals surface area contributed by atoms with Crippen molar-refractivity contribution in [2.45, 2.75) is 43.6 Å². The zero-order chi connectivity index (χ0) is 20.2. The van der Waals surface area contributed by atoms with Crippen LogP contribution in [0.5, 0.6) is 0 Å². The number of pyridine rings is 1. The lowest BCUT2D eigenvalue weighted by molar-refractivity contribution is -0.141. The van der Waals surface area contributed by atoms with Crippen LogP contribution >= 0.6 is 11.3 Å². The maximum Gasteiger partial charge on any atom is 0.252 e. The summed E-state index contributed by atoms with van der Waals surface area (Å²) in [4.78, 5) is 20.9. The van der Waals surface area contributed by atoms with Crippen molar-refractivity contribution in [3.8, 4) is 10.6 Å².